The molecule has 1 fully saturated rings. The molecule has 0 aromatic carbocycles. The fraction of sp³-hybridized carbons (Fsp3) is 0.556. The fourth-order valence-corrected chi connectivity index (χ4v) is 1.62. The second-order valence-electron chi connectivity index (χ2n) is 3.64. The largest absolute Gasteiger partial charge is 0.382 e. The number of hydrogen-bond acceptors (Lipinski definition) is 4. The summed E-state index contributed by atoms with van der Waals surface area (Å²) in [7, 11) is 0. The SMILES string of the molecule is CC1CN(C(=O)c2cc(N)n[nH]2)CCO1. The predicted octanol–water partition coefficient (Wildman–Crippen LogP) is -0.147. The lowest BCUT2D eigenvalue weighted by atomic mass is 10.2. The first-order valence-corrected chi connectivity index (χ1v) is 4.88. The number of aromatic amines is 1. The zero-order valence-corrected chi connectivity index (χ0v) is 8.56. The van der Waals surface area contributed by atoms with Crippen molar-refractivity contribution in [1.29, 1.82) is 0 Å². The molecule has 0 aliphatic carbocycles. The Bertz CT molecular complexity index is 363. The minimum absolute atomic E-state index is 0.0747. The summed E-state index contributed by atoms with van der Waals surface area (Å²) in [6.45, 7) is 3.75. The maximum atomic E-state index is 11.9. The summed E-state index contributed by atoms with van der Waals surface area (Å²) < 4.78 is 5.35. The molecule has 6 heteroatoms. The molecule has 3 N–H and O–H groups in total. The first kappa shape index (κ1) is 9.97. The molecule has 1 aliphatic rings. The van der Waals surface area contributed by atoms with Gasteiger partial charge in [-0.2, -0.15) is 5.10 Å². The van der Waals surface area contributed by atoms with Crippen LogP contribution >= 0.6 is 0 Å². The highest BCUT2D eigenvalue weighted by Gasteiger charge is 2.23. The van der Waals surface area contributed by atoms with Gasteiger partial charge < -0.3 is 15.4 Å². The average molecular weight is 210 g/mol. The second-order valence-corrected chi connectivity index (χ2v) is 3.64. The number of rotatable bonds is 1. The molecule has 6 nitrogen and oxygen atoms in total. The van der Waals surface area contributed by atoms with E-state index >= 15 is 0 Å². The van der Waals surface area contributed by atoms with Crippen molar-refractivity contribution in [3.05, 3.63) is 11.8 Å². The summed E-state index contributed by atoms with van der Waals surface area (Å²) >= 11 is 0. The van der Waals surface area contributed by atoms with Crippen LogP contribution in [0.5, 0.6) is 0 Å². The molecular weight excluding hydrogens is 196 g/mol. The molecule has 2 rings (SSSR count). The van der Waals surface area contributed by atoms with E-state index < -0.39 is 0 Å². The van der Waals surface area contributed by atoms with Gasteiger partial charge in [-0.05, 0) is 6.92 Å². The number of ether oxygens (including phenoxy) is 1. The first-order valence-electron chi connectivity index (χ1n) is 4.88. The van der Waals surface area contributed by atoms with Gasteiger partial charge in [0.15, 0.2) is 0 Å². The van der Waals surface area contributed by atoms with Crippen LogP contribution in [-0.2, 0) is 4.74 Å². The van der Waals surface area contributed by atoms with Gasteiger partial charge >= 0.3 is 0 Å². The van der Waals surface area contributed by atoms with Gasteiger partial charge in [0.1, 0.15) is 11.5 Å². The zero-order chi connectivity index (χ0) is 10.8. The van der Waals surface area contributed by atoms with Crippen LogP contribution in [0.25, 0.3) is 0 Å². The van der Waals surface area contributed by atoms with Gasteiger partial charge in [-0.3, -0.25) is 9.89 Å². The van der Waals surface area contributed by atoms with Crippen molar-refractivity contribution in [2.75, 3.05) is 25.4 Å². The minimum Gasteiger partial charge on any atom is -0.382 e. The maximum Gasteiger partial charge on any atom is 0.272 e. The van der Waals surface area contributed by atoms with Crippen LogP contribution in [0.15, 0.2) is 6.07 Å². The molecule has 2 heterocycles. The maximum absolute atomic E-state index is 11.9. The molecular formula is C9H14N4O2. The third kappa shape index (κ3) is 2.10. The van der Waals surface area contributed by atoms with Crippen LogP contribution < -0.4 is 5.73 Å². The summed E-state index contributed by atoms with van der Waals surface area (Å²) in [4.78, 5) is 13.6. The van der Waals surface area contributed by atoms with Crippen molar-refractivity contribution < 1.29 is 9.53 Å². The molecule has 0 saturated carbocycles. The van der Waals surface area contributed by atoms with Gasteiger partial charge in [-0.15, -0.1) is 0 Å². The standard InChI is InChI=1S/C9H14N4O2/c1-6-5-13(2-3-15-6)9(14)7-4-8(10)12-11-7/h4,6H,2-3,5H2,1H3,(H3,10,11,12). The molecule has 1 aromatic rings. The van der Waals surface area contributed by atoms with Crippen LogP contribution in [0.2, 0.25) is 0 Å². The van der Waals surface area contributed by atoms with E-state index in [1.807, 2.05) is 6.92 Å². The van der Waals surface area contributed by atoms with Crippen molar-refractivity contribution >= 4 is 11.7 Å². The normalized spacial score (nSPS) is 21.7. The lowest BCUT2D eigenvalue weighted by Crippen LogP contribution is -2.44. The Hall–Kier alpha value is -1.56. The molecule has 1 aliphatic heterocycles. The quantitative estimate of drug-likeness (QED) is 0.675. The number of morpholine rings is 1. The van der Waals surface area contributed by atoms with Crippen LogP contribution in [0.4, 0.5) is 5.82 Å². The number of nitrogens with zero attached hydrogens (tertiary/aromatic N) is 2. The number of aromatic nitrogens is 2. The highest BCUT2D eigenvalue weighted by Crippen LogP contribution is 2.10. The van der Waals surface area contributed by atoms with Crippen molar-refractivity contribution in [3.8, 4) is 0 Å². The summed E-state index contributed by atoms with van der Waals surface area (Å²) in [5, 5.41) is 6.34. The molecule has 82 valence electrons. The number of H-pyrrole nitrogens is 1. The number of anilines is 1. The molecule has 1 atom stereocenters. The topological polar surface area (TPSA) is 84.2 Å². The number of nitrogens with one attached hydrogen (secondary N) is 1. The first-order chi connectivity index (χ1) is 7.16. The molecule has 0 bridgehead atoms. The van der Waals surface area contributed by atoms with E-state index in [0.29, 0.717) is 31.2 Å². The van der Waals surface area contributed by atoms with E-state index in [4.69, 9.17) is 10.5 Å². The Balaban J connectivity index is 2.07. The Kier molecular flexibility index (Phi) is 2.59. The van der Waals surface area contributed by atoms with E-state index in [0.717, 1.165) is 0 Å². The summed E-state index contributed by atoms with van der Waals surface area (Å²) in [5.74, 6) is 0.258. The molecule has 1 saturated heterocycles. The van der Waals surface area contributed by atoms with E-state index in [9.17, 15) is 4.79 Å². The Morgan fingerprint density at radius 3 is 3.20 bits per heavy atom. The zero-order valence-electron chi connectivity index (χ0n) is 8.56. The smallest absolute Gasteiger partial charge is 0.272 e. The van der Waals surface area contributed by atoms with Gasteiger partial charge in [0, 0.05) is 19.2 Å². The predicted molar refractivity (Wildman–Crippen MR) is 54.3 cm³/mol. The number of amides is 1. The van der Waals surface area contributed by atoms with Crippen LogP contribution in [0, 0.1) is 0 Å². The van der Waals surface area contributed by atoms with Gasteiger partial charge in [-0.25, -0.2) is 0 Å². The van der Waals surface area contributed by atoms with Crippen molar-refractivity contribution in [1.82, 2.24) is 15.1 Å². The highest BCUT2D eigenvalue weighted by molar-refractivity contribution is 5.93. The lowest BCUT2D eigenvalue weighted by Gasteiger charge is -2.30. The summed E-state index contributed by atoms with van der Waals surface area (Å²) in [6, 6.07) is 1.54. The average Bonchev–Trinajstić information content (AvgIpc) is 2.64. The monoisotopic (exact) mass is 210 g/mol. The minimum atomic E-state index is -0.0747. The third-order valence-electron chi connectivity index (χ3n) is 2.36. The second kappa shape index (κ2) is 3.90. The summed E-state index contributed by atoms with van der Waals surface area (Å²) in [6.07, 6.45) is 0.0861. The van der Waals surface area contributed by atoms with Crippen LogP contribution in [-0.4, -0.2) is 46.8 Å². The molecule has 1 unspecified atom stereocenters. The molecule has 0 spiro atoms. The fourth-order valence-electron chi connectivity index (χ4n) is 1.62. The molecule has 15 heavy (non-hydrogen) atoms. The van der Waals surface area contributed by atoms with E-state index in [-0.39, 0.29) is 12.0 Å². The van der Waals surface area contributed by atoms with Gasteiger partial charge in [0.2, 0.25) is 0 Å². The van der Waals surface area contributed by atoms with Gasteiger partial charge in [-0.1, -0.05) is 0 Å². The van der Waals surface area contributed by atoms with Gasteiger partial charge in [0.05, 0.1) is 12.7 Å². The Morgan fingerprint density at radius 2 is 2.60 bits per heavy atom. The Morgan fingerprint density at radius 1 is 1.80 bits per heavy atom. The third-order valence-corrected chi connectivity index (χ3v) is 2.36. The van der Waals surface area contributed by atoms with Gasteiger partial charge in [0.25, 0.3) is 5.91 Å². The molecule has 0 radical (unpaired) electrons. The lowest BCUT2D eigenvalue weighted by molar-refractivity contribution is -0.0126. The van der Waals surface area contributed by atoms with E-state index in [1.54, 1.807) is 11.0 Å². The van der Waals surface area contributed by atoms with E-state index in [2.05, 4.69) is 10.2 Å². The molecule has 1 amide bonds. The number of hydrogen-bond donors (Lipinski definition) is 2. The van der Waals surface area contributed by atoms with E-state index in [1.165, 1.54) is 0 Å². The number of carbonyl (C=O) groups is 1. The van der Waals surface area contributed by atoms with Crippen molar-refractivity contribution in [3.63, 3.8) is 0 Å². The van der Waals surface area contributed by atoms with Crippen molar-refractivity contribution in [2.45, 2.75) is 13.0 Å². The summed E-state index contributed by atoms with van der Waals surface area (Å²) in [5.41, 5.74) is 5.87. The van der Waals surface area contributed by atoms with Crippen molar-refractivity contribution in [2.24, 2.45) is 0 Å². The molecule has 1 aromatic heterocycles. The van der Waals surface area contributed by atoms with Crippen LogP contribution in [0.1, 0.15) is 17.4 Å². The highest BCUT2D eigenvalue weighted by atomic mass is 16.5. The number of nitrogen functional groups attached to an aromatic ring is 1. The number of carbonyl (C=O) groups excluding carboxylic acids is 1. The Labute approximate surface area is 87.4 Å². The number of nitrogens with two attached hydrogens (primary N) is 1. The van der Waals surface area contributed by atoms with Crippen LogP contribution in [0.3, 0.4) is 0 Å².